The number of hydrogen-bond donors (Lipinski definition) is 3. The van der Waals surface area contributed by atoms with Gasteiger partial charge in [0.25, 0.3) is 0 Å². The fraction of sp³-hybridized carbons (Fsp3) is 0.611. The van der Waals surface area contributed by atoms with Crippen LogP contribution in [0.15, 0.2) is 18.2 Å². The van der Waals surface area contributed by atoms with Crippen LogP contribution in [0.3, 0.4) is 0 Å². The lowest BCUT2D eigenvalue weighted by molar-refractivity contribution is 0.0544. The highest BCUT2D eigenvalue weighted by atomic mass is 35.5. The normalized spacial score (nSPS) is 28.3. The second kappa shape index (κ2) is 8.49. The third-order valence-corrected chi connectivity index (χ3v) is 6.08. The Morgan fingerprint density at radius 2 is 2.15 bits per heavy atom. The zero-order chi connectivity index (χ0) is 19.6. The molecule has 4 N–H and O–H groups in total. The number of carbonyl (C=O) groups is 1. The first kappa shape index (κ1) is 20.6. The van der Waals surface area contributed by atoms with Gasteiger partial charge in [0.2, 0.25) is 0 Å². The lowest BCUT2D eigenvalue weighted by Crippen LogP contribution is -2.43. The van der Waals surface area contributed by atoms with Gasteiger partial charge >= 0.3 is 6.03 Å². The molecule has 2 amide bonds. The van der Waals surface area contributed by atoms with E-state index in [0.717, 1.165) is 12.0 Å². The molecule has 1 heterocycles. The van der Waals surface area contributed by atoms with Gasteiger partial charge in [0.15, 0.2) is 0 Å². The quantitative estimate of drug-likeness (QED) is 0.634. The summed E-state index contributed by atoms with van der Waals surface area (Å²) in [6.45, 7) is 1.07. The van der Waals surface area contributed by atoms with Gasteiger partial charge in [0, 0.05) is 48.3 Å². The minimum atomic E-state index is -1.11. The van der Waals surface area contributed by atoms with Crippen molar-refractivity contribution in [1.29, 1.82) is 0 Å². The van der Waals surface area contributed by atoms with Crippen molar-refractivity contribution in [1.82, 2.24) is 15.5 Å². The molecule has 27 heavy (non-hydrogen) atoms. The van der Waals surface area contributed by atoms with E-state index in [9.17, 15) is 9.18 Å². The maximum atomic E-state index is 14.0. The van der Waals surface area contributed by atoms with Gasteiger partial charge in [0.05, 0.1) is 18.2 Å². The highest BCUT2D eigenvalue weighted by molar-refractivity contribution is 6.35. The number of halogens is 3. The predicted molar refractivity (Wildman–Crippen MR) is 104 cm³/mol. The summed E-state index contributed by atoms with van der Waals surface area (Å²) in [5.74, 6) is 0. The van der Waals surface area contributed by atoms with E-state index in [4.69, 9.17) is 33.7 Å². The van der Waals surface area contributed by atoms with E-state index in [1.807, 2.05) is 0 Å². The van der Waals surface area contributed by atoms with Crippen LogP contribution < -0.4 is 16.4 Å². The van der Waals surface area contributed by atoms with Gasteiger partial charge in [-0.15, -0.1) is 0 Å². The molecule has 6 nitrogen and oxygen atoms in total. The van der Waals surface area contributed by atoms with Crippen LogP contribution in [-0.4, -0.2) is 61.5 Å². The number of amides is 2. The average Bonchev–Trinajstić information content (AvgIpc) is 3.23. The van der Waals surface area contributed by atoms with Gasteiger partial charge in [-0.2, -0.15) is 0 Å². The van der Waals surface area contributed by atoms with Crippen molar-refractivity contribution in [3.63, 3.8) is 0 Å². The molecule has 4 atom stereocenters. The van der Waals surface area contributed by atoms with Gasteiger partial charge in [-0.25, -0.2) is 9.18 Å². The molecule has 9 heteroatoms. The first-order valence-electron chi connectivity index (χ1n) is 9.01. The van der Waals surface area contributed by atoms with Gasteiger partial charge < -0.3 is 21.1 Å². The zero-order valence-electron chi connectivity index (χ0n) is 15.2. The summed E-state index contributed by atoms with van der Waals surface area (Å²) >= 11 is 12.4. The SMILES string of the molecule is CNC(=O)N[C@H]1CN(C[C@@H](F)CN)C2(C1)C[C@@H]2OCc1c(Cl)cccc1Cl. The Kier molecular flexibility index (Phi) is 6.48. The third-order valence-electron chi connectivity index (χ3n) is 5.38. The van der Waals surface area contributed by atoms with Crippen molar-refractivity contribution < 1.29 is 13.9 Å². The molecule has 1 aromatic carbocycles. The van der Waals surface area contributed by atoms with Gasteiger partial charge in [-0.05, 0) is 25.0 Å². The van der Waals surface area contributed by atoms with Crippen molar-refractivity contribution >= 4 is 29.2 Å². The molecule has 1 aromatic rings. The fourth-order valence-corrected chi connectivity index (χ4v) is 4.38. The fourth-order valence-electron chi connectivity index (χ4n) is 3.87. The van der Waals surface area contributed by atoms with E-state index in [1.54, 1.807) is 25.2 Å². The Hall–Kier alpha value is -1.12. The zero-order valence-corrected chi connectivity index (χ0v) is 16.7. The number of nitrogens with two attached hydrogens (primary N) is 1. The van der Waals surface area contributed by atoms with Crippen LogP contribution in [0.5, 0.6) is 0 Å². The van der Waals surface area contributed by atoms with Crippen molar-refractivity contribution in [2.24, 2.45) is 5.73 Å². The van der Waals surface area contributed by atoms with Crippen LogP contribution in [0.25, 0.3) is 0 Å². The average molecular weight is 419 g/mol. The Morgan fingerprint density at radius 1 is 1.44 bits per heavy atom. The Balaban J connectivity index is 1.66. The summed E-state index contributed by atoms with van der Waals surface area (Å²) in [5.41, 5.74) is 5.93. The van der Waals surface area contributed by atoms with E-state index in [1.165, 1.54) is 0 Å². The molecular weight excluding hydrogens is 394 g/mol. The van der Waals surface area contributed by atoms with Crippen LogP contribution >= 0.6 is 23.2 Å². The maximum absolute atomic E-state index is 14.0. The van der Waals surface area contributed by atoms with Crippen molar-refractivity contribution in [2.75, 3.05) is 26.7 Å². The highest BCUT2D eigenvalue weighted by Gasteiger charge is 2.63. The summed E-state index contributed by atoms with van der Waals surface area (Å²) in [4.78, 5) is 13.7. The summed E-state index contributed by atoms with van der Waals surface area (Å²) in [5, 5.41) is 6.59. The van der Waals surface area contributed by atoms with Crippen LogP contribution in [0.1, 0.15) is 18.4 Å². The Morgan fingerprint density at radius 3 is 2.78 bits per heavy atom. The molecule has 1 saturated heterocycles. The van der Waals surface area contributed by atoms with Crippen LogP contribution in [0.2, 0.25) is 10.0 Å². The minimum Gasteiger partial charge on any atom is -0.371 e. The number of likely N-dealkylation sites (tertiary alicyclic amines) is 1. The predicted octanol–water partition coefficient (Wildman–Crippen LogP) is 2.32. The van der Waals surface area contributed by atoms with Gasteiger partial charge in [-0.3, -0.25) is 4.90 Å². The summed E-state index contributed by atoms with van der Waals surface area (Å²) in [6, 6.07) is 5.03. The van der Waals surface area contributed by atoms with E-state index in [-0.39, 0.29) is 36.8 Å². The van der Waals surface area contributed by atoms with Crippen LogP contribution in [-0.2, 0) is 11.3 Å². The molecule has 1 aliphatic heterocycles. The number of nitrogens with zero attached hydrogens (tertiary/aromatic N) is 1. The second-order valence-electron chi connectivity index (χ2n) is 7.17. The lowest BCUT2D eigenvalue weighted by atomic mass is 10.1. The van der Waals surface area contributed by atoms with E-state index in [0.29, 0.717) is 29.6 Å². The molecule has 2 aliphatic rings. The molecule has 0 radical (unpaired) electrons. The van der Waals surface area contributed by atoms with E-state index in [2.05, 4.69) is 15.5 Å². The molecule has 3 rings (SSSR count). The molecule has 1 unspecified atom stereocenters. The van der Waals surface area contributed by atoms with E-state index < -0.39 is 6.17 Å². The monoisotopic (exact) mass is 418 g/mol. The molecule has 1 saturated carbocycles. The number of urea groups is 1. The molecule has 150 valence electrons. The standard InChI is InChI=1S/C18H25Cl2FN4O2/c1-23-17(26)24-12-5-18(25(9-12)8-11(21)7-22)6-16(18)27-10-13-14(19)3-2-4-15(13)20/h2-4,11-12,16H,5-10,22H2,1H3,(H2,23,24,26)/t11-,12+,16-,18?/m0/s1. The number of carbonyl (C=O) groups excluding carboxylic acids is 1. The first-order chi connectivity index (χ1) is 12.9. The molecule has 0 aromatic heterocycles. The van der Waals surface area contributed by atoms with Crippen molar-refractivity contribution in [3.05, 3.63) is 33.8 Å². The third kappa shape index (κ3) is 4.49. The number of rotatable bonds is 7. The largest absolute Gasteiger partial charge is 0.371 e. The van der Waals surface area contributed by atoms with Crippen molar-refractivity contribution in [2.45, 2.75) is 43.3 Å². The van der Waals surface area contributed by atoms with Crippen molar-refractivity contribution in [3.8, 4) is 0 Å². The summed E-state index contributed by atoms with van der Waals surface area (Å²) in [7, 11) is 1.57. The molecule has 1 spiro atoms. The van der Waals surface area contributed by atoms with E-state index >= 15 is 0 Å². The Labute approximate surface area is 168 Å². The topological polar surface area (TPSA) is 79.6 Å². The number of alkyl halides is 1. The molecule has 1 aliphatic carbocycles. The van der Waals surface area contributed by atoms with Gasteiger partial charge in [-0.1, -0.05) is 29.3 Å². The van der Waals surface area contributed by atoms with Crippen LogP contribution in [0.4, 0.5) is 9.18 Å². The highest BCUT2D eigenvalue weighted by Crippen LogP contribution is 2.52. The number of hydrogen-bond acceptors (Lipinski definition) is 4. The van der Waals surface area contributed by atoms with Crippen LogP contribution in [0, 0.1) is 0 Å². The molecular formula is C18H25Cl2FN4O2. The number of benzene rings is 1. The minimum absolute atomic E-state index is 0.0269. The smallest absolute Gasteiger partial charge is 0.314 e. The van der Waals surface area contributed by atoms with Gasteiger partial charge in [0.1, 0.15) is 6.17 Å². The maximum Gasteiger partial charge on any atom is 0.314 e. The Bertz CT molecular complexity index is 675. The summed E-state index contributed by atoms with van der Waals surface area (Å²) < 4.78 is 20.0. The second-order valence-corrected chi connectivity index (χ2v) is 7.98. The number of ether oxygens (including phenoxy) is 1. The molecule has 2 fully saturated rings. The first-order valence-corrected chi connectivity index (χ1v) is 9.77. The molecule has 0 bridgehead atoms. The summed E-state index contributed by atoms with van der Waals surface area (Å²) in [6.07, 6.45) is 0.308. The number of nitrogens with one attached hydrogen (secondary N) is 2. The lowest BCUT2D eigenvalue weighted by Gasteiger charge is -2.26.